The van der Waals surface area contributed by atoms with Gasteiger partial charge in [-0.2, -0.15) is 0 Å². The number of hydrogen-bond acceptors (Lipinski definition) is 4. The standard InChI is InChI=1S/C14H14BrNO3/c1-3-6-11-12(14(17)18-2)19-13(16-11)9-7-4-5-8-10(9)15/h4-5,7-8H,3,6H2,1-2H3. The van der Waals surface area contributed by atoms with Gasteiger partial charge < -0.3 is 9.15 Å². The van der Waals surface area contributed by atoms with Gasteiger partial charge in [0.25, 0.3) is 0 Å². The third kappa shape index (κ3) is 2.87. The maximum Gasteiger partial charge on any atom is 0.376 e. The van der Waals surface area contributed by atoms with E-state index in [0.29, 0.717) is 18.0 Å². The molecule has 4 nitrogen and oxygen atoms in total. The molecule has 0 radical (unpaired) electrons. The summed E-state index contributed by atoms with van der Waals surface area (Å²) in [6, 6.07) is 7.58. The van der Waals surface area contributed by atoms with Gasteiger partial charge >= 0.3 is 5.97 Å². The number of carbonyl (C=O) groups excluding carboxylic acids is 1. The van der Waals surface area contributed by atoms with Gasteiger partial charge in [-0.15, -0.1) is 0 Å². The minimum atomic E-state index is -0.491. The normalized spacial score (nSPS) is 10.5. The summed E-state index contributed by atoms with van der Waals surface area (Å²) in [5, 5.41) is 0. The Labute approximate surface area is 119 Å². The zero-order chi connectivity index (χ0) is 13.8. The fourth-order valence-electron chi connectivity index (χ4n) is 1.76. The number of benzene rings is 1. The highest BCUT2D eigenvalue weighted by Gasteiger charge is 2.21. The highest BCUT2D eigenvalue weighted by Crippen LogP contribution is 2.29. The van der Waals surface area contributed by atoms with Gasteiger partial charge in [0.15, 0.2) is 0 Å². The molecule has 5 heteroatoms. The Morgan fingerprint density at radius 1 is 1.42 bits per heavy atom. The van der Waals surface area contributed by atoms with E-state index in [2.05, 4.69) is 20.9 Å². The van der Waals surface area contributed by atoms with Gasteiger partial charge in [0.1, 0.15) is 0 Å². The molecule has 0 unspecified atom stereocenters. The van der Waals surface area contributed by atoms with Crippen molar-refractivity contribution >= 4 is 21.9 Å². The van der Waals surface area contributed by atoms with E-state index in [1.807, 2.05) is 31.2 Å². The second-order valence-corrected chi connectivity index (χ2v) is 4.87. The maximum atomic E-state index is 11.7. The van der Waals surface area contributed by atoms with E-state index in [9.17, 15) is 4.79 Å². The first-order valence-electron chi connectivity index (χ1n) is 6.00. The molecule has 0 aliphatic heterocycles. The first kappa shape index (κ1) is 13.8. The van der Waals surface area contributed by atoms with Gasteiger partial charge in [0.2, 0.25) is 11.7 Å². The molecule has 0 amide bonds. The number of methoxy groups -OCH3 is 1. The third-order valence-electron chi connectivity index (χ3n) is 2.66. The molecule has 2 aromatic rings. The van der Waals surface area contributed by atoms with Crippen molar-refractivity contribution in [2.45, 2.75) is 19.8 Å². The number of halogens is 1. The number of oxazole rings is 1. The minimum absolute atomic E-state index is 0.190. The Morgan fingerprint density at radius 2 is 2.16 bits per heavy atom. The Bertz CT molecular complexity index is 592. The van der Waals surface area contributed by atoms with Crippen molar-refractivity contribution in [3.05, 3.63) is 40.2 Å². The third-order valence-corrected chi connectivity index (χ3v) is 3.35. The molecule has 1 aromatic heterocycles. The maximum absolute atomic E-state index is 11.7. The zero-order valence-electron chi connectivity index (χ0n) is 10.8. The SMILES string of the molecule is CCCc1nc(-c2ccccc2Br)oc1C(=O)OC. The van der Waals surface area contributed by atoms with Crippen LogP contribution < -0.4 is 0 Å². The van der Waals surface area contributed by atoms with Gasteiger partial charge in [-0.1, -0.05) is 25.5 Å². The predicted octanol–water partition coefficient (Wildman–Crippen LogP) is 3.84. The quantitative estimate of drug-likeness (QED) is 0.802. The van der Waals surface area contributed by atoms with Crippen LogP contribution in [0.15, 0.2) is 33.2 Å². The van der Waals surface area contributed by atoms with Crippen molar-refractivity contribution in [2.24, 2.45) is 0 Å². The van der Waals surface area contributed by atoms with Gasteiger partial charge in [-0.05, 0) is 34.5 Å². The van der Waals surface area contributed by atoms with E-state index in [1.165, 1.54) is 7.11 Å². The summed E-state index contributed by atoms with van der Waals surface area (Å²) in [5.41, 5.74) is 1.45. The van der Waals surface area contributed by atoms with Crippen LogP contribution >= 0.6 is 15.9 Å². The number of aryl methyl sites for hydroxylation is 1. The molecule has 2 rings (SSSR count). The van der Waals surface area contributed by atoms with E-state index < -0.39 is 5.97 Å². The van der Waals surface area contributed by atoms with Crippen molar-refractivity contribution in [1.82, 2.24) is 4.98 Å². The number of carbonyl (C=O) groups is 1. The first-order valence-corrected chi connectivity index (χ1v) is 6.79. The van der Waals surface area contributed by atoms with E-state index in [-0.39, 0.29) is 5.76 Å². The molecule has 0 spiro atoms. The highest BCUT2D eigenvalue weighted by molar-refractivity contribution is 9.10. The topological polar surface area (TPSA) is 52.3 Å². The lowest BCUT2D eigenvalue weighted by Gasteiger charge is -1.98. The summed E-state index contributed by atoms with van der Waals surface area (Å²) >= 11 is 3.44. The van der Waals surface area contributed by atoms with Crippen molar-refractivity contribution in [3.8, 4) is 11.5 Å². The van der Waals surface area contributed by atoms with Crippen LogP contribution in [0.2, 0.25) is 0 Å². The number of aromatic nitrogens is 1. The summed E-state index contributed by atoms with van der Waals surface area (Å²) in [4.78, 5) is 16.1. The van der Waals surface area contributed by atoms with Gasteiger partial charge in [-0.25, -0.2) is 9.78 Å². The molecule has 0 fully saturated rings. The lowest BCUT2D eigenvalue weighted by molar-refractivity contribution is 0.0564. The van der Waals surface area contributed by atoms with Crippen molar-refractivity contribution in [2.75, 3.05) is 7.11 Å². The first-order chi connectivity index (χ1) is 9.17. The number of rotatable bonds is 4. The second kappa shape index (κ2) is 6.02. The van der Waals surface area contributed by atoms with E-state index in [4.69, 9.17) is 9.15 Å². The minimum Gasteiger partial charge on any atom is -0.463 e. The largest absolute Gasteiger partial charge is 0.463 e. The molecular formula is C14H14BrNO3. The fraction of sp³-hybridized carbons (Fsp3) is 0.286. The molecule has 0 aliphatic rings. The van der Waals surface area contributed by atoms with Crippen LogP contribution in [0, 0.1) is 0 Å². The average Bonchev–Trinajstić information content (AvgIpc) is 2.83. The van der Waals surface area contributed by atoms with Gasteiger partial charge in [-0.3, -0.25) is 0 Å². The molecule has 0 saturated heterocycles. The lowest BCUT2D eigenvalue weighted by atomic mass is 10.2. The molecule has 1 aromatic carbocycles. The number of ether oxygens (including phenoxy) is 1. The lowest BCUT2D eigenvalue weighted by Crippen LogP contribution is -2.03. The smallest absolute Gasteiger partial charge is 0.376 e. The zero-order valence-corrected chi connectivity index (χ0v) is 12.4. The average molecular weight is 324 g/mol. The molecule has 0 saturated carbocycles. The molecule has 1 heterocycles. The second-order valence-electron chi connectivity index (χ2n) is 4.02. The molecule has 0 N–H and O–H groups in total. The molecule has 100 valence electrons. The molecule has 0 bridgehead atoms. The predicted molar refractivity (Wildman–Crippen MR) is 75.0 cm³/mol. The van der Waals surface area contributed by atoms with Crippen LogP contribution in [0.1, 0.15) is 29.6 Å². The fourth-order valence-corrected chi connectivity index (χ4v) is 2.21. The molecule has 0 atom stereocenters. The summed E-state index contributed by atoms with van der Waals surface area (Å²) in [7, 11) is 1.33. The summed E-state index contributed by atoms with van der Waals surface area (Å²) < 4.78 is 11.2. The highest BCUT2D eigenvalue weighted by atomic mass is 79.9. The van der Waals surface area contributed by atoms with E-state index in [1.54, 1.807) is 0 Å². The van der Waals surface area contributed by atoms with Crippen molar-refractivity contribution in [3.63, 3.8) is 0 Å². The van der Waals surface area contributed by atoms with Gasteiger partial charge in [0.05, 0.1) is 18.4 Å². The van der Waals surface area contributed by atoms with E-state index >= 15 is 0 Å². The number of nitrogens with zero attached hydrogens (tertiary/aromatic N) is 1. The number of hydrogen-bond donors (Lipinski definition) is 0. The van der Waals surface area contributed by atoms with Crippen LogP contribution in [-0.4, -0.2) is 18.1 Å². The summed E-state index contributed by atoms with van der Waals surface area (Å²) in [6.45, 7) is 2.02. The Hall–Kier alpha value is -1.62. The molecule has 0 aliphatic carbocycles. The van der Waals surface area contributed by atoms with Crippen LogP contribution in [0.25, 0.3) is 11.5 Å². The van der Waals surface area contributed by atoms with Crippen LogP contribution in [0.3, 0.4) is 0 Å². The van der Waals surface area contributed by atoms with E-state index in [0.717, 1.165) is 16.5 Å². The van der Waals surface area contributed by atoms with Gasteiger partial charge in [0, 0.05) is 4.47 Å². The Balaban J connectivity index is 2.48. The monoisotopic (exact) mass is 323 g/mol. The summed E-state index contributed by atoms with van der Waals surface area (Å²) in [6.07, 6.45) is 1.56. The van der Waals surface area contributed by atoms with Crippen molar-refractivity contribution in [1.29, 1.82) is 0 Å². The van der Waals surface area contributed by atoms with Crippen LogP contribution in [-0.2, 0) is 11.2 Å². The van der Waals surface area contributed by atoms with Crippen LogP contribution in [0.4, 0.5) is 0 Å². The Morgan fingerprint density at radius 3 is 2.79 bits per heavy atom. The Kier molecular flexibility index (Phi) is 4.37. The van der Waals surface area contributed by atoms with Crippen molar-refractivity contribution < 1.29 is 13.9 Å². The van der Waals surface area contributed by atoms with Crippen LogP contribution in [0.5, 0.6) is 0 Å². The molecular weight excluding hydrogens is 310 g/mol. The molecule has 19 heavy (non-hydrogen) atoms. The number of esters is 1. The summed E-state index contributed by atoms with van der Waals surface area (Å²) in [5.74, 6) is 0.126.